The van der Waals surface area contributed by atoms with Crippen LogP contribution in [0.3, 0.4) is 0 Å². The molecule has 1 aliphatic heterocycles. The third-order valence-corrected chi connectivity index (χ3v) is 17.4. The van der Waals surface area contributed by atoms with E-state index in [0.717, 1.165) is 9.94 Å². The number of carbonyl (C=O) groups excluding carboxylic acids is 1. The van der Waals surface area contributed by atoms with Gasteiger partial charge in [0.05, 0.1) is 0 Å². The first kappa shape index (κ1) is 19.3. The van der Waals surface area contributed by atoms with E-state index in [1.54, 1.807) is 35.0 Å². The van der Waals surface area contributed by atoms with E-state index in [1.807, 2.05) is 57.2 Å². The molecule has 0 saturated heterocycles. The monoisotopic (exact) mass is 591 g/mol. The summed E-state index contributed by atoms with van der Waals surface area (Å²) in [6, 6.07) is 18.1. The molecule has 3 aromatic rings. The van der Waals surface area contributed by atoms with Gasteiger partial charge >= 0.3 is 173 Å². The van der Waals surface area contributed by atoms with Crippen LogP contribution in [0.5, 0.6) is 0 Å². The number of carbonyl (C=O) groups is 1. The third-order valence-electron chi connectivity index (χ3n) is 4.34. The maximum atomic E-state index is 13.2. The number of fused-ring (bicyclic) bond motifs is 2. The van der Waals surface area contributed by atoms with Gasteiger partial charge in [-0.15, -0.1) is 0 Å². The zero-order valence-corrected chi connectivity index (χ0v) is 20.1. The van der Waals surface area contributed by atoms with Crippen molar-refractivity contribution in [1.82, 2.24) is 4.57 Å². The summed E-state index contributed by atoms with van der Waals surface area (Å²) < 4.78 is 36.0. The fourth-order valence-electron chi connectivity index (χ4n) is 3.25. The first-order valence-corrected chi connectivity index (χ1v) is 15.5. The zero-order chi connectivity index (χ0) is 20.1. The van der Waals surface area contributed by atoms with Crippen molar-refractivity contribution in [3.05, 3.63) is 66.9 Å². The molecule has 0 N–H and O–H groups in total. The second-order valence-electron chi connectivity index (χ2n) is 7.49. The van der Waals surface area contributed by atoms with Gasteiger partial charge < -0.3 is 0 Å². The molecular weight excluding hydrogens is 571 g/mol. The summed E-state index contributed by atoms with van der Waals surface area (Å²) in [5.74, 6) is 0. The van der Waals surface area contributed by atoms with E-state index in [2.05, 4.69) is 0 Å². The molecule has 1 aliphatic rings. The molecule has 5 nitrogen and oxygen atoms in total. The first-order valence-electron chi connectivity index (χ1n) is 8.84. The summed E-state index contributed by atoms with van der Waals surface area (Å²) in [5, 5.41) is 0. The quantitative estimate of drug-likeness (QED) is 0.318. The van der Waals surface area contributed by atoms with Crippen molar-refractivity contribution in [2.24, 2.45) is 0 Å². The molecule has 0 unspecified atom stereocenters. The average molecular weight is 591 g/mol. The molecule has 28 heavy (non-hydrogen) atoms. The summed E-state index contributed by atoms with van der Waals surface area (Å²) in [5.41, 5.74) is -0.612. The van der Waals surface area contributed by atoms with Crippen LogP contribution in [-0.4, -0.2) is 46.4 Å². The fourth-order valence-corrected chi connectivity index (χ4v) is 18.5. The van der Waals surface area contributed by atoms with Crippen LogP contribution in [0.1, 0.15) is 20.8 Å². The Labute approximate surface area is 172 Å². The summed E-state index contributed by atoms with van der Waals surface area (Å²) in [6.07, 6.45) is 1.26. The van der Waals surface area contributed by atoms with Crippen molar-refractivity contribution in [1.29, 1.82) is 0 Å². The second kappa shape index (κ2) is 6.82. The van der Waals surface area contributed by atoms with Gasteiger partial charge in [0.1, 0.15) is 0 Å². The number of benzene rings is 2. The van der Waals surface area contributed by atoms with E-state index in [1.165, 1.54) is 0 Å². The van der Waals surface area contributed by atoms with Crippen LogP contribution in [0.15, 0.2) is 76.7 Å². The van der Waals surface area contributed by atoms with Crippen molar-refractivity contribution in [2.75, 3.05) is 0 Å². The van der Waals surface area contributed by atoms with Crippen LogP contribution < -0.4 is 9.94 Å². The van der Waals surface area contributed by atoms with Crippen molar-refractivity contribution in [3.8, 4) is 0 Å². The molecule has 0 fully saturated rings. The maximum absolute atomic E-state index is 13.2. The Morgan fingerprint density at radius 1 is 0.893 bits per heavy atom. The van der Waals surface area contributed by atoms with Gasteiger partial charge in [-0.25, -0.2) is 0 Å². The number of nitrogens with zero attached hydrogens (tertiary/aromatic N) is 1. The molecule has 2 heterocycles. The Hall–Kier alpha value is -1.98. The minimum absolute atomic E-state index is 0.364. The molecule has 144 valence electrons. The number of rotatable bonds is 1. The van der Waals surface area contributed by atoms with Gasteiger partial charge in [0.2, 0.25) is 0 Å². The fraction of sp³-hybridized carbons (Fsp3) is 0.190. The van der Waals surface area contributed by atoms with Gasteiger partial charge in [0.15, 0.2) is 0 Å². The predicted octanol–water partition coefficient (Wildman–Crippen LogP) is 1.93. The molecule has 0 spiro atoms. The van der Waals surface area contributed by atoms with E-state index in [-0.39, 0.29) is 0 Å². The molecule has 2 aromatic carbocycles. The van der Waals surface area contributed by atoms with Crippen molar-refractivity contribution >= 4 is 47.6 Å². The van der Waals surface area contributed by atoms with Gasteiger partial charge in [-0.1, -0.05) is 0 Å². The second-order valence-corrected chi connectivity index (χ2v) is 17.5. The number of hydrogen-bond donors (Lipinski definition) is 0. The van der Waals surface area contributed by atoms with Crippen LogP contribution in [0, 0.1) is 0 Å². The van der Waals surface area contributed by atoms with Crippen LogP contribution >= 0.6 is 0 Å². The SMILES string of the molecule is CC(C)(C)OC(=O)n1ccc[c]1[Bi]1[c]2ccccc2S(=O)(=O)c2cccc[c]21. The van der Waals surface area contributed by atoms with Gasteiger partial charge in [-0.05, 0) is 0 Å². The standard InChI is InChI=1S/C12H8O2S.C9H12NO2.Bi/c13-15(14,11-7-3-1-4-8-11)12-9-5-2-6-10-12;1-9(2,3)12-8(11)10-6-4-5-7-10;/h1-7,9H;4-6H,1-3H3;. The third kappa shape index (κ3) is 3.21. The van der Waals surface area contributed by atoms with Crippen LogP contribution in [-0.2, 0) is 14.6 Å². The summed E-state index contributed by atoms with van der Waals surface area (Å²) >= 11 is -3.03. The summed E-state index contributed by atoms with van der Waals surface area (Å²) in [7, 11) is -3.56. The molecule has 4 rings (SSSR count). The molecule has 0 saturated carbocycles. The van der Waals surface area contributed by atoms with Crippen LogP contribution in [0.2, 0.25) is 0 Å². The molecule has 7 heteroatoms. The molecule has 0 bridgehead atoms. The van der Waals surface area contributed by atoms with E-state index in [4.69, 9.17) is 4.74 Å². The molecule has 1 aromatic heterocycles. The van der Waals surface area contributed by atoms with Gasteiger partial charge in [0.25, 0.3) is 0 Å². The van der Waals surface area contributed by atoms with Crippen molar-refractivity contribution in [3.63, 3.8) is 0 Å². The van der Waals surface area contributed by atoms with E-state index >= 15 is 0 Å². The Morgan fingerprint density at radius 2 is 1.43 bits per heavy atom. The number of ether oxygens (including phenoxy) is 1. The van der Waals surface area contributed by atoms with E-state index in [9.17, 15) is 13.2 Å². The van der Waals surface area contributed by atoms with E-state index in [0.29, 0.717) is 9.79 Å². The number of aromatic nitrogens is 1. The molecule has 0 aliphatic carbocycles. The summed E-state index contributed by atoms with van der Waals surface area (Å²) in [4.78, 5) is 13.5. The number of sulfone groups is 1. The Balaban J connectivity index is 1.94. The zero-order valence-electron chi connectivity index (χ0n) is 15.8. The van der Waals surface area contributed by atoms with Crippen LogP contribution in [0.25, 0.3) is 0 Å². The van der Waals surface area contributed by atoms with Crippen molar-refractivity contribution < 1.29 is 17.9 Å². The van der Waals surface area contributed by atoms with Gasteiger partial charge in [-0.2, -0.15) is 0 Å². The summed E-state index contributed by atoms with van der Waals surface area (Å²) in [6.45, 7) is 5.48. The first-order chi connectivity index (χ1) is 13.2. The molecule has 0 radical (unpaired) electrons. The van der Waals surface area contributed by atoms with Crippen molar-refractivity contribution in [2.45, 2.75) is 36.2 Å². The van der Waals surface area contributed by atoms with Crippen LogP contribution in [0.4, 0.5) is 4.79 Å². The Bertz CT molecular complexity index is 1120. The topological polar surface area (TPSA) is 65.4 Å². The normalized spacial score (nSPS) is 15.5. The minimum atomic E-state index is -3.56. The average Bonchev–Trinajstić information content (AvgIpc) is 3.10. The Morgan fingerprint density at radius 3 is 1.96 bits per heavy atom. The Kier molecular flexibility index (Phi) is 4.71. The van der Waals surface area contributed by atoms with Gasteiger partial charge in [-0.3, -0.25) is 0 Å². The predicted molar refractivity (Wildman–Crippen MR) is 109 cm³/mol. The number of hydrogen-bond acceptors (Lipinski definition) is 4. The molecule has 0 amide bonds. The molecular formula is C21H20BiNO4S. The molecule has 0 atom stereocenters. The van der Waals surface area contributed by atoms with E-state index < -0.39 is 43.3 Å². The van der Waals surface area contributed by atoms with Gasteiger partial charge in [0, 0.05) is 0 Å².